The number of aromatic nitrogens is 3. The quantitative estimate of drug-likeness (QED) is 0.467. The lowest BCUT2D eigenvalue weighted by Gasteiger charge is -2.34. The van der Waals surface area contributed by atoms with E-state index in [2.05, 4.69) is 42.4 Å². The van der Waals surface area contributed by atoms with Crippen LogP contribution in [0.2, 0.25) is 0 Å². The molecule has 0 spiro atoms. The number of rotatable bonds is 7. The molecule has 1 aromatic carbocycles. The topological polar surface area (TPSA) is 111 Å². The first-order valence-corrected chi connectivity index (χ1v) is 12.7. The number of pyridine rings is 1. The maximum Gasteiger partial charge on any atom is 0.296 e. The highest BCUT2D eigenvalue weighted by Crippen LogP contribution is 2.32. The van der Waals surface area contributed by atoms with E-state index in [0.717, 1.165) is 31.9 Å². The Morgan fingerprint density at radius 1 is 1.13 bits per heavy atom. The lowest BCUT2D eigenvalue weighted by Crippen LogP contribution is -2.52. The molecule has 0 amide bonds. The molecule has 12 heteroatoms. The third-order valence-electron chi connectivity index (χ3n) is 6.85. The van der Waals surface area contributed by atoms with Gasteiger partial charge in [-0.1, -0.05) is 0 Å². The molecule has 2 aromatic heterocycles. The molecule has 39 heavy (non-hydrogen) atoms. The highest BCUT2D eigenvalue weighted by Gasteiger charge is 2.43. The van der Waals surface area contributed by atoms with Crippen LogP contribution in [0.25, 0.3) is 11.3 Å². The van der Waals surface area contributed by atoms with Gasteiger partial charge >= 0.3 is 0 Å². The van der Waals surface area contributed by atoms with Gasteiger partial charge in [-0.05, 0) is 50.0 Å². The Labute approximate surface area is 225 Å². The lowest BCUT2D eigenvalue weighted by atomic mass is 10.0. The van der Waals surface area contributed by atoms with Crippen LogP contribution in [0.4, 0.5) is 26.2 Å². The van der Waals surface area contributed by atoms with Gasteiger partial charge in [-0.3, -0.25) is 0 Å². The predicted octanol–water partition coefficient (Wildman–Crippen LogP) is 3.29. The number of piperidine rings is 1. The van der Waals surface area contributed by atoms with Crippen LogP contribution in [0, 0.1) is 11.3 Å². The molecule has 204 valence electrons. The fourth-order valence-corrected chi connectivity index (χ4v) is 4.63. The molecule has 0 saturated carbocycles. The van der Waals surface area contributed by atoms with Gasteiger partial charge in [-0.25, -0.2) is 18.7 Å². The zero-order valence-electron chi connectivity index (χ0n) is 21.8. The van der Waals surface area contributed by atoms with Crippen molar-refractivity contribution in [1.82, 2.24) is 25.2 Å². The first kappa shape index (κ1) is 26.5. The molecule has 2 fully saturated rings. The maximum absolute atomic E-state index is 14.2. The van der Waals surface area contributed by atoms with Crippen molar-refractivity contribution < 1.29 is 18.3 Å². The van der Waals surface area contributed by atoms with Gasteiger partial charge in [-0.15, -0.1) is 0 Å². The van der Waals surface area contributed by atoms with Crippen LogP contribution >= 0.6 is 0 Å². The third kappa shape index (κ3) is 6.00. The third-order valence-corrected chi connectivity index (χ3v) is 6.85. The van der Waals surface area contributed by atoms with Gasteiger partial charge in [-0.2, -0.15) is 10.2 Å². The van der Waals surface area contributed by atoms with E-state index in [1.165, 1.54) is 6.07 Å². The first-order chi connectivity index (χ1) is 18.9. The van der Waals surface area contributed by atoms with E-state index in [0.29, 0.717) is 35.4 Å². The van der Waals surface area contributed by atoms with Crippen molar-refractivity contribution in [2.45, 2.75) is 18.4 Å². The summed E-state index contributed by atoms with van der Waals surface area (Å²) in [4.78, 5) is 18.0. The van der Waals surface area contributed by atoms with Crippen molar-refractivity contribution >= 4 is 17.5 Å². The number of piperazine rings is 1. The van der Waals surface area contributed by atoms with Crippen molar-refractivity contribution in [2.75, 3.05) is 63.6 Å². The monoisotopic (exact) mass is 536 g/mol. The van der Waals surface area contributed by atoms with E-state index < -0.39 is 18.6 Å². The maximum atomic E-state index is 14.2. The molecule has 2 N–H and O–H groups in total. The van der Waals surface area contributed by atoms with Gasteiger partial charge in [0.1, 0.15) is 23.3 Å². The molecule has 5 rings (SSSR count). The van der Waals surface area contributed by atoms with Gasteiger partial charge in [0.05, 0.1) is 24.9 Å². The molecule has 0 bridgehead atoms. The van der Waals surface area contributed by atoms with Crippen molar-refractivity contribution in [3.8, 4) is 29.0 Å². The number of halogens is 2. The molecule has 2 saturated heterocycles. The number of hydrogen-bond acceptors (Lipinski definition) is 10. The summed E-state index contributed by atoms with van der Waals surface area (Å²) in [5.41, 5.74) is 2.25. The molecular weight excluding hydrogens is 506 g/mol. The Hall–Kier alpha value is -4.08. The smallest absolute Gasteiger partial charge is 0.296 e. The van der Waals surface area contributed by atoms with Crippen molar-refractivity contribution in [3.05, 3.63) is 48.2 Å². The number of alkyl halides is 2. The Bertz CT molecular complexity index is 1360. The van der Waals surface area contributed by atoms with Crippen molar-refractivity contribution in [2.24, 2.45) is 0 Å². The SMILES string of the molecule is COc1nc(Nc2nccc(-c3ccc(OC4CCNCC4(F)F)c(C#N)c3)n2)ccc1N1CCN(C)CC1. The van der Waals surface area contributed by atoms with E-state index >= 15 is 0 Å². The fourth-order valence-electron chi connectivity index (χ4n) is 4.63. The number of likely N-dealkylation sites (N-methyl/N-ethyl adjacent to an activating group) is 1. The van der Waals surface area contributed by atoms with Gasteiger partial charge in [0.2, 0.25) is 11.8 Å². The molecule has 0 aliphatic carbocycles. The molecular formula is C27H30F2N8O2. The Morgan fingerprint density at radius 3 is 2.69 bits per heavy atom. The summed E-state index contributed by atoms with van der Waals surface area (Å²) < 4.78 is 39.6. The number of nitrogens with zero attached hydrogens (tertiary/aromatic N) is 6. The summed E-state index contributed by atoms with van der Waals surface area (Å²) in [5, 5.41) is 15.5. The second-order valence-electron chi connectivity index (χ2n) is 9.56. The van der Waals surface area contributed by atoms with Crippen LogP contribution in [0.15, 0.2) is 42.6 Å². The molecule has 4 heterocycles. The summed E-state index contributed by atoms with van der Waals surface area (Å²) >= 11 is 0. The van der Waals surface area contributed by atoms with Crippen LogP contribution in [-0.4, -0.2) is 85.3 Å². The normalized spacial score (nSPS) is 19.3. The molecule has 1 atom stereocenters. The standard InChI is InChI=1S/C27H30F2N8O2/c1-36-11-13-37(14-12-36)21-4-6-24(34-25(21)38-2)35-26-32-10-7-20(33-26)18-3-5-22(19(15-18)16-30)39-23-8-9-31-17-27(23,28)29/h3-7,10,15,23,31H,8-9,11-14,17H2,1-2H3,(H,32,33,34,35). The van der Waals surface area contributed by atoms with Gasteiger partial charge < -0.3 is 29.9 Å². The summed E-state index contributed by atoms with van der Waals surface area (Å²) in [6.45, 7) is 3.69. The molecule has 2 aliphatic heterocycles. The number of hydrogen-bond donors (Lipinski definition) is 2. The van der Waals surface area contributed by atoms with E-state index in [9.17, 15) is 14.0 Å². The number of nitrogens with one attached hydrogen (secondary N) is 2. The molecule has 3 aromatic rings. The zero-order chi connectivity index (χ0) is 27.4. The fraction of sp³-hybridized carbons (Fsp3) is 0.407. The minimum absolute atomic E-state index is 0.122. The van der Waals surface area contributed by atoms with E-state index in [1.54, 1.807) is 31.5 Å². The van der Waals surface area contributed by atoms with Crippen LogP contribution in [0.5, 0.6) is 11.6 Å². The van der Waals surface area contributed by atoms with E-state index in [4.69, 9.17) is 9.47 Å². The zero-order valence-corrected chi connectivity index (χ0v) is 21.8. The summed E-state index contributed by atoms with van der Waals surface area (Å²) in [5.74, 6) is -1.56. The summed E-state index contributed by atoms with van der Waals surface area (Å²) in [6.07, 6.45) is 0.445. The minimum atomic E-state index is -3.02. The summed E-state index contributed by atoms with van der Waals surface area (Å²) in [6, 6.07) is 12.4. The van der Waals surface area contributed by atoms with Crippen molar-refractivity contribution in [3.63, 3.8) is 0 Å². The van der Waals surface area contributed by atoms with E-state index in [1.807, 2.05) is 18.2 Å². The lowest BCUT2D eigenvalue weighted by molar-refractivity contribution is -0.109. The highest BCUT2D eigenvalue weighted by molar-refractivity contribution is 5.66. The minimum Gasteiger partial charge on any atom is -0.483 e. The van der Waals surface area contributed by atoms with Gasteiger partial charge in [0.25, 0.3) is 5.92 Å². The molecule has 0 radical (unpaired) electrons. The second kappa shape index (κ2) is 11.3. The molecule has 10 nitrogen and oxygen atoms in total. The molecule has 1 unspecified atom stereocenters. The number of ether oxygens (including phenoxy) is 2. The van der Waals surface area contributed by atoms with Crippen LogP contribution in [0.1, 0.15) is 12.0 Å². The second-order valence-corrected chi connectivity index (χ2v) is 9.56. The van der Waals surface area contributed by atoms with Crippen molar-refractivity contribution in [1.29, 1.82) is 5.26 Å². The van der Waals surface area contributed by atoms with Crippen LogP contribution < -0.4 is 25.0 Å². The van der Waals surface area contributed by atoms with Crippen LogP contribution in [-0.2, 0) is 0 Å². The average molecular weight is 537 g/mol. The largest absolute Gasteiger partial charge is 0.483 e. The predicted molar refractivity (Wildman–Crippen MR) is 143 cm³/mol. The molecule has 2 aliphatic rings. The number of benzene rings is 1. The number of nitriles is 1. The first-order valence-electron chi connectivity index (χ1n) is 12.7. The number of methoxy groups -OCH3 is 1. The Morgan fingerprint density at radius 2 is 1.95 bits per heavy atom. The average Bonchev–Trinajstić information content (AvgIpc) is 2.95. The van der Waals surface area contributed by atoms with Crippen LogP contribution in [0.3, 0.4) is 0 Å². The Balaban J connectivity index is 1.33. The van der Waals surface area contributed by atoms with Gasteiger partial charge in [0.15, 0.2) is 6.10 Å². The highest BCUT2D eigenvalue weighted by atomic mass is 19.3. The Kier molecular flexibility index (Phi) is 7.72. The number of anilines is 3. The summed E-state index contributed by atoms with van der Waals surface area (Å²) in [7, 11) is 3.70. The van der Waals surface area contributed by atoms with E-state index in [-0.39, 0.29) is 17.7 Å². The van der Waals surface area contributed by atoms with Gasteiger partial charge in [0, 0.05) is 44.4 Å².